The number of rotatable bonds is 4. The number of carboxylic acid groups (broad SMARTS) is 1. The standard InChI is InChI=1S/C11H12N2O4/c14-8(5-9(15)16)11(17)10-6-3-1-2-4-7(6)12-13-10/h1-4,8,11,14,17H,5H2,(H,12,13)(H,15,16). The minimum absolute atomic E-state index is 0.328. The number of para-hydroxylation sites is 1. The van der Waals surface area contributed by atoms with Crippen LogP contribution in [-0.2, 0) is 4.79 Å². The zero-order valence-corrected chi connectivity index (χ0v) is 8.87. The molecular formula is C11H12N2O4. The van der Waals surface area contributed by atoms with Crippen molar-refractivity contribution < 1.29 is 20.1 Å². The first-order valence-electron chi connectivity index (χ1n) is 5.10. The van der Waals surface area contributed by atoms with E-state index in [0.29, 0.717) is 16.6 Å². The number of nitrogens with zero attached hydrogens (tertiary/aromatic N) is 1. The van der Waals surface area contributed by atoms with Crippen LogP contribution in [0.4, 0.5) is 0 Å². The predicted octanol–water partition coefficient (Wildman–Crippen LogP) is 0.432. The Morgan fingerprint density at radius 2 is 2.06 bits per heavy atom. The Labute approximate surface area is 96.5 Å². The van der Waals surface area contributed by atoms with Gasteiger partial charge in [0.25, 0.3) is 0 Å². The summed E-state index contributed by atoms with van der Waals surface area (Å²) in [5, 5.41) is 35.2. The maximum Gasteiger partial charge on any atom is 0.306 e. The fourth-order valence-electron chi connectivity index (χ4n) is 1.69. The van der Waals surface area contributed by atoms with Gasteiger partial charge in [-0.15, -0.1) is 0 Å². The molecule has 0 spiro atoms. The summed E-state index contributed by atoms with van der Waals surface area (Å²) in [5.74, 6) is -1.17. The van der Waals surface area contributed by atoms with Crippen molar-refractivity contribution in [3.05, 3.63) is 30.0 Å². The molecule has 6 nitrogen and oxygen atoms in total. The molecule has 0 saturated carbocycles. The van der Waals surface area contributed by atoms with E-state index in [0.717, 1.165) is 0 Å². The van der Waals surface area contributed by atoms with Gasteiger partial charge >= 0.3 is 5.97 Å². The normalized spacial score (nSPS) is 14.7. The summed E-state index contributed by atoms with van der Waals surface area (Å²) in [6.45, 7) is 0. The second-order valence-corrected chi connectivity index (χ2v) is 3.76. The topological polar surface area (TPSA) is 106 Å². The van der Waals surface area contributed by atoms with E-state index in [-0.39, 0.29) is 0 Å². The molecule has 6 heteroatoms. The monoisotopic (exact) mass is 236 g/mol. The van der Waals surface area contributed by atoms with Crippen LogP contribution in [0.3, 0.4) is 0 Å². The molecule has 0 amide bonds. The van der Waals surface area contributed by atoms with E-state index in [1.54, 1.807) is 24.3 Å². The highest BCUT2D eigenvalue weighted by Crippen LogP contribution is 2.24. The van der Waals surface area contributed by atoms with Crippen LogP contribution in [0.5, 0.6) is 0 Å². The molecule has 4 N–H and O–H groups in total. The zero-order chi connectivity index (χ0) is 12.4. The first kappa shape index (κ1) is 11.6. The maximum atomic E-state index is 10.5. The van der Waals surface area contributed by atoms with E-state index in [1.807, 2.05) is 0 Å². The lowest BCUT2D eigenvalue weighted by molar-refractivity contribution is -0.141. The zero-order valence-electron chi connectivity index (χ0n) is 8.87. The summed E-state index contributed by atoms with van der Waals surface area (Å²) in [4.78, 5) is 10.5. The van der Waals surface area contributed by atoms with Crippen LogP contribution >= 0.6 is 0 Å². The van der Waals surface area contributed by atoms with Crippen molar-refractivity contribution in [3.8, 4) is 0 Å². The summed E-state index contributed by atoms with van der Waals surface area (Å²) < 4.78 is 0. The molecule has 0 fully saturated rings. The van der Waals surface area contributed by atoms with Crippen molar-refractivity contribution in [1.82, 2.24) is 10.2 Å². The number of aliphatic hydroxyl groups is 2. The Morgan fingerprint density at radius 1 is 1.35 bits per heavy atom. The van der Waals surface area contributed by atoms with E-state index < -0.39 is 24.6 Å². The SMILES string of the molecule is O=C(O)CC(O)C(O)c1[nH]nc2ccccc12. The molecule has 2 atom stereocenters. The van der Waals surface area contributed by atoms with Crippen LogP contribution in [0, 0.1) is 0 Å². The third-order valence-electron chi connectivity index (χ3n) is 2.54. The average Bonchev–Trinajstić information content (AvgIpc) is 2.70. The summed E-state index contributed by atoms with van der Waals surface area (Å²) in [6.07, 6.45) is -3.18. The van der Waals surface area contributed by atoms with Gasteiger partial charge in [-0.05, 0) is 6.07 Å². The molecule has 2 aromatic rings. The van der Waals surface area contributed by atoms with Gasteiger partial charge in [0.05, 0.1) is 23.7 Å². The van der Waals surface area contributed by atoms with E-state index in [2.05, 4.69) is 10.2 Å². The third kappa shape index (κ3) is 2.27. The predicted molar refractivity (Wildman–Crippen MR) is 59.3 cm³/mol. The molecule has 90 valence electrons. The fourth-order valence-corrected chi connectivity index (χ4v) is 1.69. The molecule has 17 heavy (non-hydrogen) atoms. The summed E-state index contributed by atoms with van der Waals surface area (Å²) in [5.41, 5.74) is 0.985. The molecule has 1 aromatic heterocycles. The van der Waals surface area contributed by atoms with Gasteiger partial charge in [0.2, 0.25) is 0 Å². The molecule has 2 unspecified atom stereocenters. The Morgan fingerprint density at radius 3 is 2.76 bits per heavy atom. The van der Waals surface area contributed by atoms with Gasteiger partial charge in [-0.3, -0.25) is 9.89 Å². The van der Waals surface area contributed by atoms with Crippen LogP contribution in [0.25, 0.3) is 10.9 Å². The first-order valence-corrected chi connectivity index (χ1v) is 5.10. The number of aromatic amines is 1. The minimum Gasteiger partial charge on any atom is -0.481 e. The molecule has 0 saturated heterocycles. The smallest absolute Gasteiger partial charge is 0.306 e. The molecule has 0 bridgehead atoms. The van der Waals surface area contributed by atoms with Crippen molar-refractivity contribution in [2.24, 2.45) is 0 Å². The lowest BCUT2D eigenvalue weighted by Crippen LogP contribution is -2.22. The number of aliphatic hydroxyl groups excluding tert-OH is 2. The second-order valence-electron chi connectivity index (χ2n) is 3.76. The van der Waals surface area contributed by atoms with Crippen molar-refractivity contribution in [1.29, 1.82) is 0 Å². The second kappa shape index (κ2) is 4.52. The molecule has 1 aromatic carbocycles. The van der Waals surface area contributed by atoms with Crippen LogP contribution in [0.2, 0.25) is 0 Å². The lowest BCUT2D eigenvalue weighted by atomic mass is 10.0. The van der Waals surface area contributed by atoms with E-state index in [9.17, 15) is 15.0 Å². The van der Waals surface area contributed by atoms with Gasteiger partial charge in [-0.1, -0.05) is 18.2 Å². The number of fused-ring (bicyclic) bond motifs is 1. The van der Waals surface area contributed by atoms with Gasteiger partial charge in [-0.25, -0.2) is 0 Å². The van der Waals surface area contributed by atoms with Crippen LogP contribution < -0.4 is 0 Å². The van der Waals surface area contributed by atoms with Gasteiger partial charge in [0, 0.05) is 5.39 Å². The molecule has 0 aliphatic rings. The Bertz CT molecular complexity index is 537. The Kier molecular flexibility index (Phi) is 3.08. The number of benzene rings is 1. The average molecular weight is 236 g/mol. The minimum atomic E-state index is -1.36. The van der Waals surface area contributed by atoms with E-state index >= 15 is 0 Å². The molecule has 0 aliphatic heterocycles. The molecule has 0 radical (unpaired) electrons. The number of carboxylic acids is 1. The first-order chi connectivity index (χ1) is 8.09. The van der Waals surface area contributed by atoms with E-state index in [1.165, 1.54) is 0 Å². The van der Waals surface area contributed by atoms with Crippen LogP contribution in [0.15, 0.2) is 24.3 Å². The van der Waals surface area contributed by atoms with Crippen molar-refractivity contribution in [2.75, 3.05) is 0 Å². The number of carbonyl (C=O) groups is 1. The largest absolute Gasteiger partial charge is 0.481 e. The number of aliphatic carboxylic acids is 1. The quantitative estimate of drug-likeness (QED) is 0.616. The summed E-state index contributed by atoms with van der Waals surface area (Å²) in [7, 11) is 0. The van der Waals surface area contributed by atoms with Gasteiger partial charge in [-0.2, -0.15) is 5.10 Å². The van der Waals surface area contributed by atoms with Crippen molar-refractivity contribution in [2.45, 2.75) is 18.6 Å². The highest BCUT2D eigenvalue weighted by atomic mass is 16.4. The Balaban J connectivity index is 2.30. The lowest BCUT2D eigenvalue weighted by Gasteiger charge is -2.14. The highest BCUT2D eigenvalue weighted by molar-refractivity contribution is 5.81. The van der Waals surface area contributed by atoms with Gasteiger partial charge < -0.3 is 15.3 Å². The number of aromatic nitrogens is 2. The van der Waals surface area contributed by atoms with Gasteiger partial charge in [0.15, 0.2) is 0 Å². The van der Waals surface area contributed by atoms with E-state index in [4.69, 9.17) is 5.11 Å². The summed E-state index contributed by atoms with van der Waals surface area (Å²) >= 11 is 0. The number of hydrogen-bond acceptors (Lipinski definition) is 4. The van der Waals surface area contributed by atoms with Crippen LogP contribution in [0.1, 0.15) is 18.2 Å². The van der Waals surface area contributed by atoms with Gasteiger partial charge in [0.1, 0.15) is 6.10 Å². The number of hydrogen-bond donors (Lipinski definition) is 4. The molecule has 1 heterocycles. The third-order valence-corrected chi connectivity index (χ3v) is 2.54. The van der Waals surface area contributed by atoms with Crippen molar-refractivity contribution in [3.63, 3.8) is 0 Å². The maximum absolute atomic E-state index is 10.5. The molecule has 0 aliphatic carbocycles. The number of H-pyrrole nitrogens is 1. The van der Waals surface area contributed by atoms with Crippen LogP contribution in [-0.4, -0.2) is 37.6 Å². The fraction of sp³-hybridized carbons (Fsp3) is 0.273. The highest BCUT2D eigenvalue weighted by Gasteiger charge is 2.24. The summed E-state index contributed by atoms with van der Waals surface area (Å²) in [6, 6.07) is 7.07. The van der Waals surface area contributed by atoms with Crippen molar-refractivity contribution >= 4 is 16.9 Å². The Hall–Kier alpha value is -1.92. The molecular weight excluding hydrogens is 224 g/mol. The number of nitrogens with one attached hydrogen (secondary N) is 1. The molecule has 2 rings (SSSR count).